The van der Waals surface area contributed by atoms with Gasteiger partial charge >= 0.3 is 0 Å². The summed E-state index contributed by atoms with van der Waals surface area (Å²) in [5, 5.41) is 1.08. The zero-order valence-corrected chi connectivity index (χ0v) is 11.4. The van der Waals surface area contributed by atoms with Crippen LogP contribution >= 0.6 is 23.2 Å². The Bertz CT molecular complexity index is 432. The molecule has 2 nitrogen and oxygen atoms in total. The molecular weight excluding hydrogens is 255 g/mol. The van der Waals surface area contributed by atoms with Crippen LogP contribution in [-0.4, -0.2) is 18.0 Å². The van der Waals surface area contributed by atoms with E-state index in [0.29, 0.717) is 15.7 Å². The van der Waals surface area contributed by atoms with E-state index < -0.39 is 0 Å². The summed E-state index contributed by atoms with van der Waals surface area (Å²) in [6.45, 7) is 5.12. The van der Waals surface area contributed by atoms with E-state index in [2.05, 4.69) is 17.9 Å². The van der Waals surface area contributed by atoms with Crippen LogP contribution in [0.3, 0.4) is 0 Å². The van der Waals surface area contributed by atoms with Crippen molar-refractivity contribution < 1.29 is 0 Å². The Labute approximate surface area is 112 Å². The summed E-state index contributed by atoms with van der Waals surface area (Å²) in [5.41, 5.74) is 8.72. The first-order chi connectivity index (χ1) is 8.06. The smallest absolute Gasteiger partial charge is 0.0693 e. The number of rotatable bonds is 2. The minimum atomic E-state index is 0.465. The lowest BCUT2D eigenvalue weighted by molar-refractivity contribution is 0.282. The van der Waals surface area contributed by atoms with Gasteiger partial charge in [0.1, 0.15) is 0 Å². The quantitative estimate of drug-likeness (QED) is 0.656. The molecule has 0 spiro atoms. The van der Waals surface area contributed by atoms with Crippen molar-refractivity contribution >= 4 is 28.9 Å². The molecule has 0 unspecified atom stereocenters. The fourth-order valence-corrected chi connectivity index (χ4v) is 2.64. The van der Waals surface area contributed by atoms with Crippen LogP contribution in [-0.2, 0) is 6.54 Å². The highest BCUT2D eigenvalue weighted by Crippen LogP contribution is 2.29. The van der Waals surface area contributed by atoms with Crippen LogP contribution in [0, 0.1) is 0 Å². The third kappa shape index (κ3) is 3.15. The lowest BCUT2D eigenvalue weighted by Crippen LogP contribution is -2.28. The van der Waals surface area contributed by atoms with Gasteiger partial charge in [0.25, 0.3) is 0 Å². The van der Waals surface area contributed by atoms with E-state index in [4.69, 9.17) is 28.9 Å². The van der Waals surface area contributed by atoms with Gasteiger partial charge < -0.3 is 5.73 Å². The molecule has 2 N–H and O–H groups in total. The molecule has 0 aromatic heterocycles. The summed E-state index contributed by atoms with van der Waals surface area (Å²) in [7, 11) is 0. The molecule has 1 heterocycles. The van der Waals surface area contributed by atoms with Crippen molar-refractivity contribution in [2.24, 2.45) is 0 Å². The molecule has 0 saturated heterocycles. The number of anilines is 1. The molecule has 0 amide bonds. The summed E-state index contributed by atoms with van der Waals surface area (Å²) >= 11 is 12.1. The highest BCUT2D eigenvalue weighted by Gasteiger charge is 2.12. The van der Waals surface area contributed by atoms with E-state index in [0.717, 1.165) is 31.6 Å². The van der Waals surface area contributed by atoms with Gasteiger partial charge in [-0.1, -0.05) is 34.9 Å². The zero-order chi connectivity index (χ0) is 12.4. The van der Waals surface area contributed by atoms with Gasteiger partial charge in [0.15, 0.2) is 0 Å². The number of nitrogen functional groups attached to an aromatic ring is 1. The Morgan fingerprint density at radius 3 is 2.53 bits per heavy atom. The first-order valence-electron chi connectivity index (χ1n) is 5.67. The molecule has 0 saturated carbocycles. The van der Waals surface area contributed by atoms with Crippen LogP contribution in [0.5, 0.6) is 0 Å². The van der Waals surface area contributed by atoms with Gasteiger partial charge in [0.2, 0.25) is 0 Å². The largest absolute Gasteiger partial charge is 0.396 e. The standard InChI is InChI=1S/C13H16Cl2N2/c1-9-3-2-4-17(7-9)8-10-5-11(14)13(16)12(15)6-10/h3,5-6H,2,4,7-8,16H2,1H3. The van der Waals surface area contributed by atoms with Crippen LogP contribution in [0.2, 0.25) is 10.0 Å². The summed E-state index contributed by atoms with van der Waals surface area (Å²) in [5.74, 6) is 0. The predicted octanol–water partition coefficient (Wildman–Crippen LogP) is 3.73. The second-order valence-electron chi connectivity index (χ2n) is 4.52. The van der Waals surface area contributed by atoms with Crippen molar-refractivity contribution in [3.05, 3.63) is 39.4 Å². The monoisotopic (exact) mass is 270 g/mol. The third-order valence-corrected chi connectivity index (χ3v) is 3.58. The highest BCUT2D eigenvalue weighted by molar-refractivity contribution is 6.38. The van der Waals surface area contributed by atoms with Gasteiger partial charge in [0.05, 0.1) is 15.7 Å². The van der Waals surface area contributed by atoms with Crippen molar-refractivity contribution in [1.29, 1.82) is 0 Å². The Hall–Kier alpha value is -0.700. The summed E-state index contributed by atoms with van der Waals surface area (Å²) < 4.78 is 0. The van der Waals surface area contributed by atoms with Crippen LogP contribution in [0.25, 0.3) is 0 Å². The van der Waals surface area contributed by atoms with Gasteiger partial charge in [-0.3, -0.25) is 4.90 Å². The third-order valence-electron chi connectivity index (χ3n) is 2.96. The van der Waals surface area contributed by atoms with Crippen molar-refractivity contribution in [2.75, 3.05) is 18.8 Å². The first kappa shape index (κ1) is 12.7. The summed E-state index contributed by atoms with van der Waals surface area (Å²) in [6, 6.07) is 3.80. The average Bonchev–Trinajstić information content (AvgIpc) is 2.26. The Morgan fingerprint density at radius 2 is 1.94 bits per heavy atom. The SMILES string of the molecule is CC1=CCCN(Cc2cc(Cl)c(N)c(Cl)c2)C1. The molecular formula is C13H16Cl2N2. The summed E-state index contributed by atoms with van der Waals surface area (Å²) in [4.78, 5) is 2.38. The van der Waals surface area contributed by atoms with Crippen LogP contribution in [0.1, 0.15) is 18.9 Å². The van der Waals surface area contributed by atoms with E-state index in [1.807, 2.05) is 12.1 Å². The number of halogens is 2. The molecule has 2 rings (SSSR count). The second-order valence-corrected chi connectivity index (χ2v) is 5.34. The summed E-state index contributed by atoms with van der Waals surface area (Å²) in [6.07, 6.45) is 3.40. The van der Waals surface area contributed by atoms with Gasteiger partial charge in [-0.25, -0.2) is 0 Å². The van der Waals surface area contributed by atoms with Gasteiger partial charge in [0, 0.05) is 19.6 Å². The van der Waals surface area contributed by atoms with E-state index in [1.54, 1.807) is 0 Å². The minimum Gasteiger partial charge on any atom is -0.396 e. The topological polar surface area (TPSA) is 29.3 Å². The Balaban J connectivity index is 2.11. The molecule has 0 atom stereocenters. The lowest BCUT2D eigenvalue weighted by Gasteiger charge is -2.26. The molecule has 1 aliphatic rings. The molecule has 4 heteroatoms. The molecule has 0 radical (unpaired) electrons. The molecule has 0 fully saturated rings. The van der Waals surface area contributed by atoms with Crippen molar-refractivity contribution in [2.45, 2.75) is 19.9 Å². The normalized spacial score (nSPS) is 17.0. The average molecular weight is 271 g/mol. The van der Waals surface area contributed by atoms with E-state index >= 15 is 0 Å². The van der Waals surface area contributed by atoms with Crippen LogP contribution in [0.4, 0.5) is 5.69 Å². The number of hydrogen-bond acceptors (Lipinski definition) is 2. The van der Waals surface area contributed by atoms with Crippen molar-refractivity contribution in [1.82, 2.24) is 4.90 Å². The maximum absolute atomic E-state index is 6.03. The van der Waals surface area contributed by atoms with Crippen LogP contribution in [0.15, 0.2) is 23.8 Å². The number of nitrogens with two attached hydrogens (primary N) is 1. The maximum Gasteiger partial charge on any atom is 0.0693 e. The number of hydrogen-bond donors (Lipinski definition) is 1. The predicted molar refractivity (Wildman–Crippen MR) is 74.5 cm³/mol. The van der Waals surface area contributed by atoms with E-state index in [-0.39, 0.29) is 0 Å². The van der Waals surface area contributed by atoms with Crippen molar-refractivity contribution in [3.8, 4) is 0 Å². The van der Waals surface area contributed by atoms with Gasteiger partial charge in [-0.05, 0) is 31.0 Å². The zero-order valence-electron chi connectivity index (χ0n) is 9.84. The molecule has 1 aromatic carbocycles. The molecule has 92 valence electrons. The Kier molecular flexibility index (Phi) is 3.97. The maximum atomic E-state index is 6.03. The van der Waals surface area contributed by atoms with Crippen molar-refractivity contribution in [3.63, 3.8) is 0 Å². The molecule has 0 bridgehead atoms. The van der Waals surface area contributed by atoms with Gasteiger partial charge in [-0.15, -0.1) is 0 Å². The minimum absolute atomic E-state index is 0.465. The van der Waals surface area contributed by atoms with E-state index in [1.165, 1.54) is 5.57 Å². The van der Waals surface area contributed by atoms with E-state index in [9.17, 15) is 0 Å². The lowest BCUT2D eigenvalue weighted by atomic mass is 10.1. The second kappa shape index (κ2) is 5.30. The first-order valence-corrected chi connectivity index (χ1v) is 6.43. The fraction of sp³-hybridized carbons (Fsp3) is 0.385. The van der Waals surface area contributed by atoms with Gasteiger partial charge in [-0.2, -0.15) is 0 Å². The van der Waals surface area contributed by atoms with Crippen LogP contribution < -0.4 is 5.73 Å². The fourth-order valence-electron chi connectivity index (χ4n) is 2.11. The highest BCUT2D eigenvalue weighted by atomic mass is 35.5. The molecule has 1 aromatic rings. The molecule has 1 aliphatic heterocycles. The number of nitrogens with zero attached hydrogens (tertiary/aromatic N) is 1. The number of benzene rings is 1. The Morgan fingerprint density at radius 1 is 1.29 bits per heavy atom. The molecule has 17 heavy (non-hydrogen) atoms. The molecule has 0 aliphatic carbocycles.